The standard InChI is InChI=1S/C13H14N2O2/c1-8(2)12(13(16)17)11-7-15-5-9-3-4-14-6-10(9)11/h3-8,12H,1-2H3,(H,16,17). The van der Waals surface area contributed by atoms with Crippen molar-refractivity contribution >= 4 is 16.7 Å². The van der Waals surface area contributed by atoms with Crippen molar-refractivity contribution in [2.75, 3.05) is 0 Å². The van der Waals surface area contributed by atoms with E-state index in [2.05, 4.69) is 9.97 Å². The zero-order valence-electron chi connectivity index (χ0n) is 9.79. The molecule has 0 amide bonds. The Balaban J connectivity index is 2.65. The first-order chi connectivity index (χ1) is 8.11. The van der Waals surface area contributed by atoms with Crippen LogP contribution < -0.4 is 0 Å². The van der Waals surface area contributed by atoms with Crippen molar-refractivity contribution in [2.24, 2.45) is 5.92 Å². The van der Waals surface area contributed by atoms with Crippen LogP contribution in [-0.2, 0) is 4.79 Å². The molecule has 0 fully saturated rings. The second-order valence-electron chi connectivity index (χ2n) is 4.39. The van der Waals surface area contributed by atoms with Gasteiger partial charge < -0.3 is 5.11 Å². The summed E-state index contributed by atoms with van der Waals surface area (Å²) in [6, 6.07) is 1.84. The van der Waals surface area contributed by atoms with Gasteiger partial charge in [0.2, 0.25) is 0 Å². The van der Waals surface area contributed by atoms with Crippen molar-refractivity contribution in [1.29, 1.82) is 0 Å². The van der Waals surface area contributed by atoms with Crippen LogP contribution in [-0.4, -0.2) is 21.0 Å². The lowest BCUT2D eigenvalue weighted by Crippen LogP contribution is -2.18. The minimum absolute atomic E-state index is 0.0140. The van der Waals surface area contributed by atoms with E-state index >= 15 is 0 Å². The number of rotatable bonds is 3. The second-order valence-corrected chi connectivity index (χ2v) is 4.39. The lowest BCUT2D eigenvalue weighted by atomic mass is 9.87. The zero-order chi connectivity index (χ0) is 12.4. The number of fused-ring (bicyclic) bond motifs is 1. The molecule has 0 aromatic carbocycles. The Labute approximate surface area is 99.3 Å². The fourth-order valence-electron chi connectivity index (χ4n) is 2.05. The summed E-state index contributed by atoms with van der Waals surface area (Å²) in [7, 11) is 0. The Hall–Kier alpha value is -1.97. The number of nitrogens with zero attached hydrogens (tertiary/aromatic N) is 2. The molecular formula is C13H14N2O2. The number of hydrogen-bond acceptors (Lipinski definition) is 3. The Morgan fingerprint density at radius 1 is 1.24 bits per heavy atom. The highest BCUT2D eigenvalue weighted by Gasteiger charge is 2.25. The van der Waals surface area contributed by atoms with Crippen molar-refractivity contribution in [3.8, 4) is 0 Å². The molecule has 17 heavy (non-hydrogen) atoms. The molecule has 0 spiro atoms. The quantitative estimate of drug-likeness (QED) is 0.879. The second kappa shape index (κ2) is 4.49. The van der Waals surface area contributed by atoms with Crippen LogP contribution in [0.4, 0.5) is 0 Å². The van der Waals surface area contributed by atoms with Gasteiger partial charge in [-0.15, -0.1) is 0 Å². The van der Waals surface area contributed by atoms with Crippen LogP contribution in [0.1, 0.15) is 25.3 Å². The van der Waals surface area contributed by atoms with Gasteiger partial charge in [-0.1, -0.05) is 13.8 Å². The van der Waals surface area contributed by atoms with Crippen LogP contribution in [0.5, 0.6) is 0 Å². The van der Waals surface area contributed by atoms with E-state index in [0.29, 0.717) is 0 Å². The maximum absolute atomic E-state index is 11.3. The maximum atomic E-state index is 11.3. The summed E-state index contributed by atoms with van der Waals surface area (Å²) in [5.41, 5.74) is 0.734. The molecule has 88 valence electrons. The van der Waals surface area contributed by atoms with Gasteiger partial charge in [-0.25, -0.2) is 0 Å². The van der Waals surface area contributed by atoms with Gasteiger partial charge in [0.05, 0.1) is 5.92 Å². The molecule has 2 aromatic heterocycles. The molecule has 0 saturated heterocycles. The zero-order valence-corrected chi connectivity index (χ0v) is 9.79. The molecule has 2 rings (SSSR count). The van der Waals surface area contributed by atoms with Gasteiger partial charge in [-0.05, 0) is 17.5 Å². The molecule has 1 N–H and O–H groups in total. The topological polar surface area (TPSA) is 63.1 Å². The number of carboxylic acids is 1. The minimum Gasteiger partial charge on any atom is -0.481 e. The first-order valence-corrected chi connectivity index (χ1v) is 5.51. The molecule has 0 aliphatic rings. The van der Waals surface area contributed by atoms with Crippen LogP contribution in [0.3, 0.4) is 0 Å². The lowest BCUT2D eigenvalue weighted by molar-refractivity contribution is -0.139. The molecule has 0 radical (unpaired) electrons. The molecule has 4 nitrogen and oxygen atoms in total. The third kappa shape index (κ3) is 2.11. The van der Waals surface area contributed by atoms with Gasteiger partial charge in [0.1, 0.15) is 0 Å². The normalized spacial score (nSPS) is 12.9. The summed E-state index contributed by atoms with van der Waals surface area (Å²) in [6.07, 6.45) is 6.73. The van der Waals surface area contributed by atoms with Crippen molar-refractivity contribution < 1.29 is 9.90 Å². The van der Waals surface area contributed by atoms with Gasteiger partial charge in [-0.3, -0.25) is 14.8 Å². The highest BCUT2D eigenvalue weighted by atomic mass is 16.4. The molecule has 2 aromatic rings. The van der Waals surface area contributed by atoms with Crippen LogP contribution in [0, 0.1) is 5.92 Å². The molecule has 0 saturated carbocycles. The Kier molecular flexibility index (Phi) is 3.04. The Bertz CT molecular complexity index is 547. The van der Waals surface area contributed by atoms with E-state index < -0.39 is 11.9 Å². The largest absolute Gasteiger partial charge is 0.481 e. The summed E-state index contributed by atoms with van der Waals surface area (Å²) >= 11 is 0. The molecule has 0 aliphatic heterocycles. The lowest BCUT2D eigenvalue weighted by Gasteiger charge is -2.17. The molecule has 1 atom stereocenters. The average molecular weight is 230 g/mol. The predicted octanol–water partition coefficient (Wildman–Crippen LogP) is 2.45. The number of hydrogen-bond donors (Lipinski definition) is 1. The predicted molar refractivity (Wildman–Crippen MR) is 64.8 cm³/mol. The maximum Gasteiger partial charge on any atom is 0.311 e. The van der Waals surface area contributed by atoms with Crippen LogP contribution in [0.2, 0.25) is 0 Å². The molecule has 4 heteroatoms. The fourth-order valence-corrected chi connectivity index (χ4v) is 2.05. The molecule has 0 bridgehead atoms. The smallest absolute Gasteiger partial charge is 0.311 e. The molecule has 0 aliphatic carbocycles. The average Bonchev–Trinajstić information content (AvgIpc) is 2.28. The van der Waals surface area contributed by atoms with Crippen molar-refractivity contribution in [3.63, 3.8) is 0 Å². The van der Waals surface area contributed by atoms with E-state index in [4.69, 9.17) is 0 Å². The Morgan fingerprint density at radius 2 is 2.00 bits per heavy atom. The van der Waals surface area contributed by atoms with E-state index in [0.717, 1.165) is 16.3 Å². The monoisotopic (exact) mass is 230 g/mol. The van der Waals surface area contributed by atoms with Crippen molar-refractivity contribution in [3.05, 3.63) is 36.4 Å². The van der Waals surface area contributed by atoms with Gasteiger partial charge in [0.25, 0.3) is 0 Å². The van der Waals surface area contributed by atoms with E-state index in [1.165, 1.54) is 0 Å². The van der Waals surface area contributed by atoms with E-state index in [-0.39, 0.29) is 5.92 Å². The van der Waals surface area contributed by atoms with E-state index in [9.17, 15) is 9.90 Å². The van der Waals surface area contributed by atoms with E-state index in [1.54, 1.807) is 24.8 Å². The van der Waals surface area contributed by atoms with Gasteiger partial charge in [0, 0.05) is 35.6 Å². The Morgan fingerprint density at radius 3 is 2.65 bits per heavy atom. The van der Waals surface area contributed by atoms with Crippen molar-refractivity contribution in [2.45, 2.75) is 19.8 Å². The third-order valence-electron chi connectivity index (χ3n) is 2.86. The molecule has 2 heterocycles. The van der Waals surface area contributed by atoms with Gasteiger partial charge in [0.15, 0.2) is 0 Å². The summed E-state index contributed by atoms with van der Waals surface area (Å²) in [4.78, 5) is 19.5. The van der Waals surface area contributed by atoms with Gasteiger partial charge in [-0.2, -0.15) is 0 Å². The summed E-state index contributed by atoms with van der Waals surface area (Å²) in [6.45, 7) is 3.79. The highest BCUT2D eigenvalue weighted by molar-refractivity contribution is 5.89. The molecular weight excluding hydrogens is 216 g/mol. The third-order valence-corrected chi connectivity index (χ3v) is 2.86. The summed E-state index contributed by atoms with van der Waals surface area (Å²) < 4.78 is 0. The first kappa shape index (κ1) is 11.5. The number of pyridine rings is 2. The van der Waals surface area contributed by atoms with E-state index in [1.807, 2.05) is 19.9 Å². The minimum atomic E-state index is -0.821. The summed E-state index contributed by atoms with van der Waals surface area (Å²) in [5, 5.41) is 11.1. The van der Waals surface area contributed by atoms with Gasteiger partial charge >= 0.3 is 5.97 Å². The van der Waals surface area contributed by atoms with Crippen LogP contribution in [0.15, 0.2) is 30.9 Å². The van der Waals surface area contributed by atoms with Crippen LogP contribution in [0.25, 0.3) is 10.8 Å². The molecule has 1 unspecified atom stereocenters. The van der Waals surface area contributed by atoms with Crippen molar-refractivity contribution in [1.82, 2.24) is 9.97 Å². The van der Waals surface area contributed by atoms with Crippen LogP contribution >= 0.6 is 0 Å². The fraction of sp³-hybridized carbons (Fsp3) is 0.308. The SMILES string of the molecule is CC(C)C(C(=O)O)c1cncc2ccncc12. The number of carboxylic acid groups (broad SMARTS) is 1. The highest BCUT2D eigenvalue weighted by Crippen LogP contribution is 2.29. The first-order valence-electron chi connectivity index (χ1n) is 5.51. The number of aliphatic carboxylic acids is 1. The number of carbonyl (C=O) groups is 1. The summed E-state index contributed by atoms with van der Waals surface area (Å²) in [5.74, 6) is -1.35. The number of aromatic nitrogens is 2.